The van der Waals surface area contributed by atoms with Crippen LogP contribution in [0.25, 0.3) is 11.3 Å². The van der Waals surface area contributed by atoms with Gasteiger partial charge in [0.15, 0.2) is 16.6 Å². The van der Waals surface area contributed by atoms with Crippen molar-refractivity contribution in [1.82, 2.24) is 10.4 Å². The van der Waals surface area contributed by atoms with Gasteiger partial charge in [-0.2, -0.15) is 5.10 Å². The average Bonchev–Trinajstić information content (AvgIpc) is 3.35. The smallest absolute Gasteiger partial charge is 0.271 e. The summed E-state index contributed by atoms with van der Waals surface area (Å²) in [4.78, 5) is 17.2. The molecule has 0 aliphatic heterocycles. The molecule has 0 bridgehead atoms. The number of nitrogens with zero attached hydrogens (tertiary/aromatic N) is 2. The van der Waals surface area contributed by atoms with Crippen molar-refractivity contribution in [3.63, 3.8) is 0 Å². The number of carbonyl (C=O) groups excluding carboxylic acids is 1. The Balaban J connectivity index is 1.38. The van der Waals surface area contributed by atoms with Crippen molar-refractivity contribution in [1.29, 1.82) is 0 Å². The molecule has 1 heterocycles. The average molecular weight is 612 g/mol. The van der Waals surface area contributed by atoms with Crippen LogP contribution in [0.2, 0.25) is 0 Å². The summed E-state index contributed by atoms with van der Waals surface area (Å²) in [6.07, 6.45) is 1.57. The number of hydrogen-bond acceptors (Lipinski definition) is 7. The van der Waals surface area contributed by atoms with Crippen molar-refractivity contribution in [3.8, 4) is 22.8 Å². The van der Waals surface area contributed by atoms with Gasteiger partial charge in [0.1, 0.15) is 0 Å². The van der Waals surface area contributed by atoms with E-state index in [4.69, 9.17) is 9.47 Å². The predicted molar refractivity (Wildman–Crippen MR) is 154 cm³/mol. The summed E-state index contributed by atoms with van der Waals surface area (Å²) in [7, 11) is 1.59. The summed E-state index contributed by atoms with van der Waals surface area (Å²) in [5.74, 6) is 1.01. The van der Waals surface area contributed by atoms with E-state index in [2.05, 4.69) is 62.5 Å². The first kappa shape index (κ1) is 25.6. The zero-order valence-electron chi connectivity index (χ0n) is 20.0. The van der Waals surface area contributed by atoms with Crippen molar-refractivity contribution < 1.29 is 14.3 Å². The van der Waals surface area contributed by atoms with Gasteiger partial charge in [-0.05, 0) is 78.4 Å². The van der Waals surface area contributed by atoms with Crippen molar-refractivity contribution >= 4 is 56.9 Å². The highest BCUT2D eigenvalue weighted by atomic mass is 127. The number of halogens is 1. The van der Waals surface area contributed by atoms with Gasteiger partial charge in [-0.15, -0.1) is 11.3 Å². The number of nitrogens with one attached hydrogen (secondary N) is 2. The number of benzene rings is 3. The quantitative estimate of drug-likeness (QED) is 0.126. The minimum atomic E-state index is -0.301. The van der Waals surface area contributed by atoms with Crippen molar-refractivity contribution in [3.05, 3.63) is 86.3 Å². The van der Waals surface area contributed by atoms with E-state index >= 15 is 0 Å². The molecule has 0 fully saturated rings. The summed E-state index contributed by atoms with van der Waals surface area (Å²) >= 11 is 3.72. The zero-order chi connectivity index (χ0) is 25.5. The second kappa shape index (κ2) is 12.0. The number of amides is 1. The van der Waals surface area contributed by atoms with Gasteiger partial charge in [-0.3, -0.25) is 4.79 Å². The fourth-order valence-corrected chi connectivity index (χ4v) is 4.87. The molecule has 2 N–H and O–H groups in total. The Bertz CT molecular complexity index is 1370. The Labute approximate surface area is 227 Å². The highest BCUT2D eigenvalue weighted by Gasteiger charge is 2.11. The topological polar surface area (TPSA) is 84.8 Å². The molecule has 0 saturated heterocycles. The number of methoxy groups -OCH3 is 1. The van der Waals surface area contributed by atoms with E-state index in [0.717, 1.165) is 31.2 Å². The molecule has 9 heteroatoms. The lowest BCUT2D eigenvalue weighted by molar-refractivity contribution is 0.0955. The van der Waals surface area contributed by atoms with Crippen molar-refractivity contribution in [2.75, 3.05) is 19.0 Å². The largest absolute Gasteiger partial charge is 0.493 e. The van der Waals surface area contributed by atoms with E-state index < -0.39 is 0 Å². The summed E-state index contributed by atoms with van der Waals surface area (Å²) < 4.78 is 11.9. The number of hydrazone groups is 1. The Morgan fingerprint density at radius 2 is 1.89 bits per heavy atom. The standard InChI is InChI=1S/C27H25IN4O3S/c1-4-35-25-22(28)13-18(14-24(25)34-3)15-29-32-26(33)20-9-7-19(8-10-20)23-16-36-27(31-23)30-21-11-5-17(2)6-12-21/h5-16H,4H2,1-3H3,(H,30,31)(H,32,33)/b29-15-. The Hall–Kier alpha value is -3.44. The van der Waals surface area contributed by atoms with Crippen LogP contribution in [-0.4, -0.2) is 30.8 Å². The highest BCUT2D eigenvalue weighted by molar-refractivity contribution is 14.1. The first-order valence-electron chi connectivity index (χ1n) is 11.2. The third kappa shape index (κ3) is 6.41. The maximum absolute atomic E-state index is 12.5. The number of rotatable bonds is 9. The number of thiazole rings is 1. The molecule has 184 valence electrons. The van der Waals surface area contributed by atoms with Gasteiger partial charge in [-0.25, -0.2) is 10.4 Å². The number of carbonyl (C=O) groups is 1. The zero-order valence-corrected chi connectivity index (χ0v) is 23.0. The minimum absolute atomic E-state index is 0.301. The monoisotopic (exact) mass is 612 g/mol. The first-order chi connectivity index (χ1) is 17.5. The summed E-state index contributed by atoms with van der Waals surface area (Å²) in [6.45, 7) is 4.52. The minimum Gasteiger partial charge on any atom is -0.493 e. The lowest BCUT2D eigenvalue weighted by Crippen LogP contribution is -2.17. The van der Waals surface area contributed by atoms with E-state index in [1.807, 2.05) is 48.7 Å². The van der Waals surface area contributed by atoms with Crippen molar-refractivity contribution in [2.24, 2.45) is 5.10 Å². The molecule has 1 amide bonds. The van der Waals surface area contributed by atoms with Crippen LogP contribution in [0, 0.1) is 10.5 Å². The molecule has 4 rings (SSSR count). The fraction of sp³-hybridized carbons (Fsp3) is 0.148. The number of aryl methyl sites for hydroxylation is 1. The summed E-state index contributed by atoms with van der Waals surface area (Å²) in [5, 5.41) is 10.2. The van der Waals surface area contributed by atoms with Gasteiger partial charge < -0.3 is 14.8 Å². The molecule has 7 nitrogen and oxygen atoms in total. The molecule has 3 aromatic carbocycles. The number of ether oxygens (including phenoxy) is 2. The molecule has 36 heavy (non-hydrogen) atoms. The molecular formula is C27H25IN4O3S. The van der Waals surface area contributed by atoms with Crippen LogP contribution in [0.3, 0.4) is 0 Å². The molecule has 4 aromatic rings. The van der Waals surface area contributed by atoms with E-state index in [9.17, 15) is 4.79 Å². The summed E-state index contributed by atoms with van der Waals surface area (Å²) in [6, 6.07) is 19.2. The molecule has 0 unspecified atom stereocenters. The van der Waals surface area contributed by atoms with Gasteiger partial charge in [-0.1, -0.05) is 29.8 Å². The van der Waals surface area contributed by atoms with Gasteiger partial charge in [0, 0.05) is 22.2 Å². The fourth-order valence-electron chi connectivity index (χ4n) is 3.35. The normalized spacial score (nSPS) is 10.9. The summed E-state index contributed by atoms with van der Waals surface area (Å²) in [5.41, 5.74) is 7.84. The van der Waals surface area contributed by atoms with Gasteiger partial charge in [0.25, 0.3) is 5.91 Å². The van der Waals surface area contributed by atoms with Gasteiger partial charge in [0.2, 0.25) is 0 Å². The van der Waals surface area contributed by atoms with E-state index in [0.29, 0.717) is 23.7 Å². The molecule has 0 aliphatic rings. The van der Waals surface area contributed by atoms with Gasteiger partial charge >= 0.3 is 0 Å². The molecule has 0 saturated carbocycles. The third-order valence-electron chi connectivity index (χ3n) is 5.17. The first-order valence-corrected chi connectivity index (χ1v) is 13.2. The molecule has 0 radical (unpaired) electrons. The third-order valence-corrected chi connectivity index (χ3v) is 6.73. The van der Waals surface area contributed by atoms with Crippen LogP contribution in [0.15, 0.2) is 71.1 Å². The Morgan fingerprint density at radius 1 is 1.14 bits per heavy atom. The maximum Gasteiger partial charge on any atom is 0.271 e. The van der Waals surface area contributed by atoms with Crippen LogP contribution < -0.4 is 20.2 Å². The van der Waals surface area contributed by atoms with E-state index in [1.54, 1.807) is 25.5 Å². The molecule has 0 spiro atoms. The highest BCUT2D eigenvalue weighted by Crippen LogP contribution is 2.33. The number of hydrogen-bond donors (Lipinski definition) is 2. The van der Waals surface area contributed by atoms with Crippen LogP contribution in [-0.2, 0) is 0 Å². The second-order valence-electron chi connectivity index (χ2n) is 7.77. The lowest BCUT2D eigenvalue weighted by atomic mass is 10.1. The van der Waals surface area contributed by atoms with Crippen LogP contribution in [0.1, 0.15) is 28.4 Å². The van der Waals surface area contributed by atoms with Gasteiger partial charge in [0.05, 0.1) is 29.2 Å². The Morgan fingerprint density at radius 3 is 2.58 bits per heavy atom. The van der Waals surface area contributed by atoms with E-state index in [1.165, 1.54) is 16.9 Å². The molecule has 1 aromatic heterocycles. The SMILES string of the molecule is CCOc1c(I)cc(/C=N\NC(=O)c2ccc(-c3csc(Nc4ccc(C)cc4)n3)cc2)cc1OC. The van der Waals surface area contributed by atoms with Crippen LogP contribution in [0.4, 0.5) is 10.8 Å². The van der Waals surface area contributed by atoms with Crippen molar-refractivity contribution in [2.45, 2.75) is 13.8 Å². The molecule has 0 aliphatic carbocycles. The second-order valence-corrected chi connectivity index (χ2v) is 9.79. The van der Waals surface area contributed by atoms with E-state index in [-0.39, 0.29) is 5.91 Å². The lowest BCUT2D eigenvalue weighted by Gasteiger charge is -2.12. The Kier molecular flexibility index (Phi) is 8.55. The number of aromatic nitrogens is 1. The maximum atomic E-state index is 12.5. The molecule has 0 atom stereocenters. The predicted octanol–water partition coefficient (Wildman–Crippen LogP) is 6.64. The molecular weight excluding hydrogens is 587 g/mol. The number of anilines is 2. The van der Waals surface area contributed by atoms with Crippen LogP contribution >= 0.6 is 33.9 Å². The van der Waals surface area contributed by atoms with Crippen LogP contribution in [0.5, 0.6) is 11.5 Å².